The van der Waals surface area contributed by atoms with Crippen LogP contribution >= 0.6 is 0 Å². The normalized spacial score (nSPS) is 54.3. The zero-order valence-corrected chi connectivity index (χ0v) is 20.1. The quantitative estimate of drug-likeness (QED) is 0.503. The minimum absolute atomic E-state index is 0.00631. The molecule has 0 radical (unpaired) electrons. The average molecular weight is 401 g/mol. The lowest BCUT2D eigenvalue weighted by Gasteiger charge is -2.61. The zero-order chi connectivity index (χ0) is 20.7. The predicted molar refractivity (Wildman–Crippen MR) is 122 cm³/mol. The first kappa shape index (κ1) is 20.8. The van der Waals surface area contributed by atoms with Gasteiger partial charge in [0.25, 0.3) is 0 Å². The maximum absolute atomic E-state index is 10.3. The van der Waals surface area contributed by atoms with Gasteiger partial charge in [0, 0.05) is 0 Å². The first-order valence-corrected chi connectivity index (χ1v) is 13.4. The van der Waals surface area contributed by atoms with Crippen molar-refractivity contribution in [3.8, 4) is 0 Å². The second-order valence-electron chi connectivity index (χ2n) is 13.5. The Morgan fingerprint density at radius 1 is 0.828 bits per heavy atom. The maximum Gasteiger partial charge on any atom is 0.0543 e. The van der Waals surface area contributed by atoms with E-state index in [4.69, 9.17) is 0 Å². The van der Waals surface area contributed by atoms with Crippen molar-refractivity contribution in [2.45, 2.75) is 124 Å². The summed E-state index contributed by atoms with van der Waals surface area (Å²) in [5, 5.41) is 10.3. The highest BCUT2D eigenvalue weighted by Gasteiger charge is 2.80. The highest BCUT2D eigenvalue weighted by atomic mass is 16.3. The molecule has 0 unspecified atom stereocenters. The van der Waals surface area contributed by atoms with Gasteiger partial charge in [-0.05, 0) is 115 Å². The molecule has 0 aliphatic heterocycles. The van der Waals surface area contributed by atoms with Crippen molar-refractivity contribution >= 4 is 0 Å². The van der Waals surface area contributed by atoms with Crippen molar-refractivity contribution in [1.82, 2.24) is 0 Å². The molecule has 0 aromatic carbocycles. The van der Waals surface area contributed by atoms with E-state index in [1.165, 1.54) is 70.6 Å². The highest BCUT2D eigenvalue weighted by Crippen LogP contribution is 2.87. The van der Waals surface area contributed by atoms with Crippen molar-refractivity contribution in [3.63, 3.8) is 0 Å². The van der Waals surface area contributed by atoms with E-state index in [1.54, 1.807) is 0 Å². The van der Waals surface area contributed by atoms with Crippen molar-refractivity contribution in [3.05, 3.63) is 0 Å². The lowest BCUT2D eigenvalue weighted by atomic mass is 9.43. The van der Waals surface area contributed by atoms with Crippen LogP contribution in [-0.4, -0.2) is 11.2 Å². The molecule has 5 fully saturated rings. The monoisotopic (exact) mass is 400 g/mol. The Kier molecular flexibility index (Phi) is 4.83. The Morgan fingerprint density at radius 2 is 1.62 bits per heavy atom. The smallest absolute Gasteiger partial charge is 0.0543 e. The third kappa shape index (κ3) is 2.67. The van der Waals surface area contributed by atoms with E-state index in [1.807, 2.05) is 0 Å². The number of hydrogen-bond acceptors (Lipinski definition) is 1. The van der Waals surface area contributed by atoms with Gasteiger partial charge in [0.05, 0.1) is 6.10 Å². The van der Waals surface area contributed by atoms with Gasteiger partial charge in [-0.15, -0.1) is 0 Å². The molecule has 1 N–H and O–H groups in total. The van der Waals surface area contributed by atoms with Crippen molar-refractivity contribution < 1.29 is 5.11 Å². The Morgan fingerprint density at radius 3 is 2.38 bits per heavy atom. The van der Waals surface area contributed by atoms with E-state index in [0.717, 1.165) is 42.4 Å². The van der Waals surface area contributed by atoms with E-state index < -0.39 is 0 Å². The highest BCUT2D eigenvalue weighted by molar-refractivity contribution is 5.29. The van der Waals surface area contributed by atoms with E-state index >= 15 is 0 Å². The van der Waals surface area contributed by atoms with Gasteiger partial charge < -0.3 is 5.11 Å². The number of aliphatic hydroxyl groups excluding tert-OH is 1. The molecule has 0 amide bonds. The third-order valence-corrected chi connectivity index (χ3v) is 12.3. The van der Waals surface area contributed by atoms with Crippen molar-refractivity contribution in [2.24, 2.45) is 51.2 Å². The molecule has 9 atom stereocenters. The average Bonchev–Trinajstić information content (AvgIpc) is 3.24. The van der Waals surface area contributed by atoms with Crippen LogP contribution in [0.15, 0.2) is 0 Å². The Balaban J connectivity index is 1.36. The van der Waals surface area contributed by atoms with Gasteiger partial charge in [-0.3, -0.25) is 0 Å². The molecule has 0 saturated heterocycles. The Bertz CT molecular complexity index is 640. The summed E-state index contributed by atoms with van der Waals surface area (Å²) in [4.78, 5) is 0. The molecule has 5 rings (SSSR count). The molecule has 0 aromatic rings. The summed E-state index contributed by atoms with van der Waals surface area (Å²) in [6, 6.07) is 0. The minimum Gasteiger partial charge on any atom is -0.393 e. The molecule has 166 valence electrons. The first-order valence-electron chi connectivity index (χ1n) is 13.4. The second-order valence-corrected chi connectivity index (χ2v) is 13.5. The van der Waals surface area contributed by atoms with Crippen LogP contribution in [0.1, 0.15) is 118 Å². The first-order chi connectivity index (χ1) is 13.7. The Hall–Kier alpha value is -0.0400. The summed E-state index contributed by atoms with van der Waals surface area (Å²) in [5.74, 6) is 4.55. The van der Waals surface area contributed by atoms with Crippen LogP contribution in [0.3, 0.4) is 0 Å². The summed E-state index contributed by atoms with van der Waals surface area (Å²) >= 11 is 0. The minimum atomic E-state index is 0.00631. The third-order valence-electron chi connectivity index (χ3n) is 12.3. The number of rotatable bonds is 5. The maximum atomic E-state index is 10.3. The SMILES string of the molecule is CC(C)CCC[C@@H](C)[C@H]1CC[C@@]2(C)[C@H]3CC[C@H]4C[C@@H](O)CC[C@@]45C[C@@]35CC[C@]12C. The molecule has 0 aromatic heterocycles. The van der Waals surface area contributed by atoms with E-state index in [2.05, 4.69) is 34.6 Å². The molecule has 29 heavy (non-hydrogen) atoms. The van der Waals surface area contributed by atoms with Crippen LogP contribution in [0, 0.1) is 51.2 Å². The molecule has 1 nitrogen and oxygen atoms in total. The van der Waals surface area contributed by atoms with Crippen molar-refractivity contribution in [2.75, 3.05) is 0 Å². The van der Waals surface area contributed by atoms with Crippen LogP contribution in [0.2, 0.25) is 0 Å². The standard InChI is InChI=1S/C28H48O/c1-19(2)7-6-8-20(3)23-12-13-26(5)24-10-9-21-17-22(29)11-14-27(21)18-28(24,27)16-15-25(23,26)4/h19-24,29H,6-18H2,1-5H3/t20-,21+,22+,23-,24-,25-,26+,27-,28+/m1/s1. The molecule has 5 aliphatic carbocycles. The fourth-order valence-electron chi connectivity index (χ4n) is 10.6. The molecule has 0 heterocycles. The topological polar surface area (TPSA) is 20.2 Å². The molecule has 0 bridgehead atoms. The summed E-state index contributed by atoms with van der Waals surface area (Å²) < 4.78 is 0. The zero-order valence-electron chi connectivity index (χ0n) is 20.1. The van der Waals surface area contributed by atoms with Gasteiger partial charge in [0.15, 0.2) is 0 Å². The molecule has 2 spiro atoms. The van der Waals surface area contributed by atoms with Crippen LogP contribution in [0.25, 0.3) is 0 Å². The number of aliphatic hydroxyl groups is 1. The summed E-state index contributed by atoms with van der Waals surface area (Å²) in [7, 11) is 0. The molecular weight excluding hydrogens is 352 g/mol. The Labute approximate surface area is 180 Å². The van der Waals surface area contributed by atoms with Crippen LogP contribution in [-0.2, 0) is 0 Å². The number of hydrogen-bond donors (Lipinski definition) is 1. The molecular formula is C28H48O. The van der Waals surface area contributed by atoms with Gasteiger partial charge in [0.2, 0.25) is 0 Å². The fraction of sp³-hybridized carbons (Fsp3) is 1.00. The van der Waals surface area contributed by atoms with Gasteiger partial charge >= 0.3 is 0 Å². The lowest BCUT2D eigenvalue weighted by Crippen LogP contribution is -2.55. The van der Waals surface area contributed by atoms with E-state index in [9.17, 15) is 5.11 Å². The van der Waals surface area contributed by atoms with Gasteiger partial charge in [0.1, 0.15) is 0 Å². The van der Waals surface area contributed by atoms with Gasteiger partial charge in [-0.1, -0.05) is 53.9 Å². The van der Waals surface area contributed by atoms with Gasteiger partial charge in [-0.25, -0.2) is 0 Å². The predicted octanol–water partition coefficient (Wildman–Crippen LogP) is 7.61. The summed E-state index contributed by atoms with van der Waals surface area (Å²) in [6.45, 7) is 12.9. The van der Waals surface area contributed by atoms with Gasteiger partial charge in [-0.2, -0.15) is 0 Å². The summed E-state index contributed by atoms with van der Waals surface area (Å²) in [5.41, 5.74) is 2.48. The van der Waals surface area contributed by atoms with Crippen LogP contribution in [0.4, 0.5) is 0 Å². The largest absolute Gasteiger partial charge is 0.393 e. The van der Waals surface area contributed by atoms with E-state index in [-0.39, 0.29) is 6.10 Å². The molecule has 5 saturated carbocycles. The van der Waals surface area contributed by atoms with Crippen molar-refractivity contribution in [1.29, 1.82) is 0 Å². The lowest BCUT2D eigenvalue weighted by molar-refractivity contribution is -0.133. The number of fused-ring (bicyclic) bond motifs is 2. The molecule has 5 aliphatic rings. The summed E-state index contributed by atoms with van der Waals surface area (Å²) in [6.07, 6.45) is 18.3. The van der Waals surface area contributed by atoms with E-state index in [0.29, 0.717) is 21.7 Å². The van der Waals surface area contributed by atoms with Crippen LogP contribution < -0.4 is 0 Å². The molecule has 1 heteroatoms. The van der Waals surface area contributed by atoms with Crippen LogP contribution in [0.5, 0.6) is 0 Å². The fourth-order valence-corrected chi connectivity index (χ4v) is 10.6. The second kappa shape index (κ2) is 6.73.